The summed E-state index contributed by atoms with van der Waals surface area (Å²) in [5.41, 5.74) is 0.0678. The van der Waals surface area contributed by atoms with Crippen molar-refractivity contribution in [2.24, 2.45) is 0 Å². The molecule has 1 aromatic rings. The highest BCUT2D eigenvalue weighted by Crippen LogP contribution is 2.26. The van der Waals surface area contributed by atoms with Crippen molar-refractivity contribution in [3.63, 3.8) is 0 Å². The first-order chi connectivity index (χ1) is 9.86. The number of hydrogen-bond donors (Lipinski definition) is 2. The number of halogens is 1. The first-order valence-corrected chi connectivity index (χ1v) is 8.44. The lowest BCUT2D eigenvalue weighted by atomic mass is 10.0. The number of piperidine rings is 1. The van der Waals surface area contributed by atoms with Crippen LogP contribution < -0.4 is 14.8 Å². The van der Waals surface area contributed by atoms with Crippen LogP contribution in [0.3, 0.4) is 0 Å². The molecule has 2 N–H and O–H groups in total. The minimum Gasteiger partial charge on any atom is -0.494 e. The van der Waals surface area contributed by atoms with E-state index in [1.54, 1.807) is 0 Å². The maximum Gasteiger partial charge on any atom is 0.241 e. The van der Waals surface area contributed by atoms with Gasteiger partial charge in [0.1, 0.15) is 0 Å². The Bertz CT molecular complexity index is 619. The number of nitrogens with one attached hydrogen (secondary N) is 2. The van der Waals surface area contributed by atoms with E-state index in [9.17, 15) is 12.8 Å². The van der Waals surface area contributed by atoms with Gasteiger partial charge >= 0.3 is 0 Å². The third kappa shape index (κ3) is 3.36. The largest absolute Gasteiger partial charge is 0.494 e. The minimum atomic E-state index is -3.76. The van der Waals surface area contributed by atoms with Crippen molar-refractivity contribution in [1.82, 2.24) is 10.0 Å². The predicted octanol–water partition coefficient (Wildman–Crippen LogP) is 1.56. The van der Waals surface area contributed by atoms with Crippen molar-refractivity contribution < 1.29 is 17.5 Å². The van der Waals surface area contributed by atoms with Gasteiger partial charge in [-0.1, -0.05) is 0 Å². The van der Waals surface area contributed by atoms with Crippen LogP contribution in [0.25, 0.3) is 0 Å². The number of benzene rings is 1. The van der Waals surface area contributed by atoms with E-state index >= 15 is 0 Å². The lowest BCUT2D eigenvalue weighted by Crippen LogP contribution is -2.51. The van der Waals surface area contributed by atoms with Gasteiger partial charge in [-0.2, -0.15) is 0 Å². The van der Waals surface area contributed by atoms with Gasteiger partial charge < -0.3 is 10.1 Å². The molecule has 1 heterocycles. The first kappa shape index (κ1) is 16.2. The second-order valence-corrected chi connectivity index (χ2v) is 7.00. The lowest BCUT2D eigenvalue weighted by molar-refractivity contribution is 0.348. The summed E-state index contributed by atoms with van der Waals surface area (Å²) in [4.78, 5) is -0.0430. The van der Waals surface area contributed by atoms with E-state index in [1.807, 2.05) is 6.92 Å². The van der Waals surface area contributed by atoms with Gasteiger partial charge in [-0.15, -0.1) is 0 Å². The molecule has 2 rings (SSSR count). The summed E-state index contributed by atoms with van der Waals surface area (Å²) in [7, 11) is -2.41. The molecule has 2 unspecified atom stereocenters. The summed E-state index contributed by atoms with van der Waals surface area (Å²) in [5, 5.41) is 3.23. The fraction of sp³-hybridized carbons (Fsp3) is 0.571. The Kier molecular flexibility index (Phi) is 4.85. The van der Waals surface area contributed by atoms with Crippen molar-refractivity contribution in [3.05, 3.63) is 23.5 Å². The highest BCUT2D eigenvalue weighted by atomic mass is 32.2. The van der Waals surface area contributed by atoms with E-state index in [2.05, 4.69) is 10.0 Å². The van der Waals surface area contributed by atoms with Gasteiger partial charge in [-0.25, -0.2) is 17.5 Å². The Labute approximate surface area is 124 Å². The van der Waals surface area contributed by atoms with E-state index < -0.39 is 15.8 Å². The molecule has 0 bridgehead atoms. The molecule has 1 aromatic carbocycles. The molecule has 1 saturated heterocycles. The Morgan fingerprint density at radius 1 is 1.43 bits per heavy atom. The average molecular weight is 316 g/mol. The van der Waals surface area contributed by atoms with E-state index in [1.165, 1.54) is 26.2 Å². The Morgan fingerprint density at radius 2 is 2.14 bits per heavy atom. The monoisotopic (exact) mass is 316 g/mol. The van der Waals surface area contributed by atoms with Gasteiger partial charge in [0.05, 0.1) is 12.0 Å². The number of sulfonamides is 1. The summed E-state index contributed by atoms with van der Waals surface area (Å²) in [6.45, 7) is 4.26. The Hall–Kier alpha value is -1.18. The van der Waals surface area contributed by atoms with Crippen LogP contribution in [-0.2, 0) is 10.0 Å². The molecule has 5 nitrogen and oxygen atoms in total. The van der Waals surface area contributed by atoms with Gasteiger partial charge in [0.15, 0.2) is 11.6 Å². The second-order valence-electron chi connectivity index (χ2n) is 5.32. The van der Waals surface area contributed by atoms with Gasteiger partial charge in [0.2, 0.25) is 10.0 Å². The van der Waals surface area contributed by atoms with Crippen LogP contribution in [-0.4, -0.2) is 34.2 Å². The molecule has 1 fully saturated rings. The maximum atomic E-state index is 14.0. The minimum absolute atomic E-state index is 0.0409. The third-order valence-electron chi connectivity index (χ3n) is 3.88. The van der Waals surface area contributed by atoms with Crippen molar-refractivity contribution in [2.75, 3.05) is 13.7 Å². The van der Waals surface area contributed by atoms with Crippen LogP contribution in [0, 0.1) is 12.7 Å². The highest BCUT2D eigenvalue weighted by Gasteiger charge is 2.28. The van der Waals surface area contributed by atoms with E-state index in [-0.39, 0.29) is 28.3 Å². The zero-order valence-electron chi connectivity index (χ0n) is 12.4. The standard InChI is InChI=1S/C14H21FN2O3S/c1-9-13(7-6-12(20-3)14(9)15)21(18,19)17-11-5-4-8-16-10(11)2/h6-7,10-11,16-17H,4-5,8H2,1-3H3. The Balaban J connectivity index is 2.29. The van der Waals surface area contributed by atoms with Crippen LogP contribution in [0.2, 0.25) is 0 Å². The SMILES string of the molecule is COc1ccc(S(=O)(=O)NC2CCCNC2C)c(C)c1F. The third-order valence-corrected chi connectivity index (χ3v) is 5.51. The van der Waals surface area contributed by atoms with E-state index in [4.69, 9.17) is 4.74 Å². The smallest absolute Gasteiger partial charge is 0.241 e. The van der Waals surface area contributed by atoms with Crippen LogP contribution >= 0.6 is 0 Å². The summed E-state index contributed by atoms with van der Waals surface area (Å²) >= 11 is 0. The zero-order chi connectivity index (χ0) is 15.6. The van der Waals surface area contributed by atoms with E-state index in [0.29, 0.717) is 0 Å². The predicted molar refractivity (Wildman–Crippen MR) is 78.5 cm³/mol. The number of hydrogen-bond acceptors (Lipinski definition) is 4. The summed E-state index contributed by atoms with van der Waals surface area (Å²) in [5.74, 6) is -0.602. The molecule has 0 spiro atoms. The fourth-order valence-corrected chi connectivity index (χ4v) is 4.15. The molecule has 0 saturated carbocycles. The average Bonchev–Trinajstić information content (AvgIpc) is 2.44. The van der Waals surface area contributed by atoms with Crippen LogP contribution in [0.15, 0.2) is 17.0 Å². The molecule has 2 atom stereocenters. The summed E-state index contributed by atoms with van der Waals surface area (Å²) < 4.78 is 46.5. The lowest BCUT2D eigenvalue weighted by Gasteiger charge is -2.30. The number of methoxy groups -OCH3 is 1. The van der Waals surface area contributed by atoms with Crippen LogP contribution in [0.1, 0.15) is 25.3 Å². The summed E-state index contributed by atoms with van der Waals surface area (Å²) in [6, 6.07) is 2.57. The van der Waals surface area contributed by atoms with Gasteiger partial charge in [-0.05, 0) is 45.4 Å². The molecule has 0 amide bonds. The topological polar surface area (TPSA) is 67.4 Å². The Morgan fingerprint density at radius 3 is 2.76 bits per heavy atom. The first-order valence-electron chi connectivity index (χ1n) is 6.95. The van der Waals surface area contributed by atoms with Crippen LogP contribution in [0.4, 0.5) is 4.39 Å². The van der Waals surface area contributed by atoms with Gasteiger partial charge in [0, 0.05) is 17.6 Å². The molecule has 1 aliphatic heterocycles. The molecule has 7 heteroatoms. The quantitative estimate of drug-likeness (QED) is 0.885. The van der Waals surface area contributed by atoms with Gasteiger partial charge in [0.25, 0.3) is 0 Å². The molecular formula is C14H21FN2O3S. The van der Waals surface area contributed by atoms with E-state index in [0.717, 1.165) is 19.4 Å². The number of ether oxygens (including phenoxy) is 1. The summed E-state index contributed by atoms with van der Waals surface area (Å²) in [6.07, 6.45) is 1.68. The van der Waals surface area contributed by atoms with Crippen LogP contribution in [0.5, 0.6) is 5.75 Å². The highest BCUT2D eigenvalue weighted by molar-refractivity contribution is 7.89. The fourth-order valence-electron chi connectivity index (χ4n) is 2.56. The molecule has 1 aliphatic rings. The molecule has 0 aromatic heterocycles. The molecule has 0 aliphatic carbocycles. The molecule has 21 heavy (non-hydrogen) atoms. The molecule has 0 radical (unpaired) electrons. The van der Waals surface area contributed by atoms with Crippen molar-refractivity contribution in [1.29, 1.82) is 0 Å². The van der Waals surface area contributed by atoms with Crippen molar-refractivity contribution in [3.8, 4) is 5.75 Å². The maximum absolute atomic E-state index is 14.0. The molecule has 118 valence electrons. The zero-order valence-corrected chi connectivity index (χ0v) is 13.3. The van der Waals surface area contributed by atoms with Crippen molar-refractivity contribution >= 4 is 10.0 Å². The van der Waals surface area contributed by atoms with Gasteiger partial charge in [-0.3, -0.25) is 0 Å². The number of rotatable bonds is 4. The van der Waals surface area contributed by atoms with Crippen molar-refractivity contribution in [2.45, 2.75) is 43.7 Å². The normalized spacial score (nSPS) is 23.0. The molecular weight excluding hydrogens is 295 g/mol. The second kappa shape index (κ2) is 6.29.